The van der Waals surface area contributed by atoms with Crippen LogP contribution in [-0.2, 0) is 16.1 Å². The third kappa shape index (κ3) is 4.45. The maximum Gasteiger partial charge on any atom is 0.237 e. The maximum absolute atomic E-state index is 12.9. The number of amides is 2. The summed E-state index contributed by atoms with van der Waals surface area (Å²) in [5.41, 5.74) is -0.0832. The maximum atomic E-state index is 12.9. The number of carbonyl (C=O) groups excluding carboxylic acids is 2. The van der Waals surface area contributed by atoms with E-state index >= 15 is 0 Å². The molecule has 2 amide bonds. The first-order chi connectivity index (χ1) is 13.0. The Bertz CT molecular complexity index is 769. The van der Waals surface area contributed by atoms with Gasteiger partial charge in [0.25, 0.3) is 0 Å². The van der Waals surface area contributed by atoms with Crippen LogP contribution in [0.3, 0.4) is 0 Å². The van der Waals surface area contributed by atoms with Gasteiger partial charge in [-0.15, -0.1) is 0 Å². The van der Waals surface area contributed by atoms with Crippen molar-refractivity contribution in [3.63, 3.8) is 0 Å². The third-order valence-electron chi connectivity index (χ3n) is 4.94. The number of benzene rings is 1. The number of carbonyl (C=O) groups is 2. The zero-order valence-corrected chi connectivity index (χ0v) is 15.9. The van der Waals surface area contributed by atoms with Gasteiger partial charge < -0.3 is 15.1 Å². The lowest BCUT2D eigenvalue weighted by Crippen LogP contribution is -2.55. The van der Waals surface area contributed by atoms with Gasteiger partial charge in [0.15, 0.2) is 0 Å². The Morgan fingerprint density at radius 1 is 1.00 bits per heavy atom. The Kier molecular flexibility index (Phi) is 5.74. The molecule has 6 heteroatoms. The van der Waals surface area contributed by atoms with Crippen LogP contribution >= 0.6 is 0 Å². The highest BCUT2D eigenvalue weighted by Crippen LogP contribution is 2.22. The van der Waals surface area contributed by atoms with E-state index in [0.29, 0.717) is 32.7 Å². The monoisotopic (exact) mass is 366 g/mol. The summed E-state index contributed by atoms with van der Waals surface area (Å²) in [7, 11) is 0. The second-order valence-electron chi connectivity index (χ2n) is 7.26. The van der Waals surface area contributed by atoms with Crippen molar-refractivity contribution in [2.75, 3.05) is 31.1 Å². The van der Waals surface area contributed by atoms with Gasteiger partial charge >= 0.3 is 0 Å². The third-order valence-corrected chi connectivity index (χ3v) is 4.94. The second kappa shape index (κ2) is 8.20. The molecule has 0 spiro atoms. The van der Waals surface area contributed by atoms with E-state index in [1.54, 1.807) is 24.9 Å². The fourth-order valence-electron chi connectivity index (χ4n) is 3.17. The van der Waals surface area contributed by atoms with Crippen molar-refractivity contribution in [1.29, 1.82) is 0 Å². The fourth-order valence-corrected chi connectivity index (χ4v) is 3.17. The van der Waals surface area contributed by atoms with Crippen LogP contribution in [-0.4, -0.2) is 47.9 Å². The van der Waals surface area contributed by atoms with E-state index in [-0.39, 0.29) is 11.8 Å². The highest BCUT2D eigenvalue weighted by atomic mass is 16.2. The van der Waals surface area contributed by atoms with E-state index in [9.17, 15) is 9.59 Å². The highest BCUT2D eigenvalue weighted by molar-refractivity contribution is 6.04. The van der Waals surface area contributed by atoms with Gasteiger partial charge in [-0.1, -0.05) is 36.4 Å². The zero-order valence-electron chi connectivity index (χ0n) is 15.9. The van der Waals surface area contributed by atoms with Crippen molar-refractivity contribution in [2.45, 2.75) is 20.4 Å². The molecule has 142 valence electrons. The molecule has 1 aromatic heterocycles. The second-order valence-corrected chi connectivity index (χ2v) is 7.26. The van der Waals surface area contributed by atoms with E-state index in [1.165, 1.54) is 0 Å². The van der Waals surface area contributed by atoms with Crippen LogP contribution in [0, 0.1) is 5.41 Å². The van der Waals surface area contributed by atoms with Gasteiger partial charge in [0.1, 0.15) is 11.2 Å². The van der Waals surface area contributed by atoms with E-state index in [4.69, 9.17) is 0 Å². The fraction of sp³-hybridized carbons (Fsp3) is 0.381. The van der Waals surface area contributed by atoms with Gasteiger partial charge in [0.2, 0.25) is 11.8 Å². The summed E-state index contributed by atoms with van der Waals surface area (Å²) >= 11 is 0. The molecule has 0 atom stereocenters. The topological polar surface area (TPSA) is 65.5 Å². The molecule has 1 N–H and O–H groups in total. The van der Waals surface area contributed by atoms with Gasteiger partial charge in [-0.25, -0.2) is 4.98 Å². The first-order valence-electron chi connectivity index (χ1n) is 9.26. The standard InChI is InChI=1S/C21H26N4O2/c1-21(2,19(26)23-16-17-8-4-3-5-9-17)20(27)25-14-12-24(13-15-25)18-10-6-7-11-22-18/h3-11H,12-16H2,1-2H3,(H,23,26). The lowest BCUT2D eigenvalue weighted by Gasteiger charge is -2.38. The lowest BCUT2D eigenvalue weighted by molar-refractivity contribution is -0.148. The minimum atomic E-state index is -1.10. The highest BCUT2D eigenvalue weighted by Gasteiger charge is 2.39. The zero-order chi connectivity index (χ0) is 19.3. The molecule has 0 aliphatic carbocycles. The van der Waals surface area contributed by atoms with Crippen molar-refractivity contribution in [3.05, 3.63) is 60.3 Å². The molecule has 0 radical (unpaired) electrons. The number of nitrogens with zero attached hydrogens (tertiary/aromatic N) is 3. The Balaban J connectivity index is 1.55. The predicted octanol–water partition coefficient (Wildman–Crippen LogP) is 2.07. The van der Waals surface area contributed by atoms with Crippen molar-refractivity contribution in [2.24, 2.45) is 5.41 Å². The van der Waals surface area contributed by atoms with Crippen molar-refractivity contribution in [1.82, 2.24) is 15.2 Å². The summed E-state index contributed by atoms with van der Waals surface area (Å²) in [6.45, 7) is 6.41. The molecule has 6 nitrogen and oxygen atoms in total. The summed E-state index contributed by atoms with van der Waals surface area (Å²) < 4.78 is 0. The predicted molar refractivity (Wildman–Crippen MR) is 105 cm³/mol. The van der Waals surface area contributed by atoms with Crippen LogP contribution in [0.1, 0.15) is 19.4 Å². The van der Waals surface area contributed by atoms with Crippen LogP contribution in [0.2, 0.25) is 0 Å². The minimum absolute atomic E-state index is 0.131. The molecule has 3 rings (SSSR count). The summed E-state index contributed by atoms with van der Waals surface area (Å²) in [5, 5.41) is 2.89. The van der Waals surface area contributed by atoms with Crippen molar-refractivity contribution in [3.8, 4) is 0 Å². The first kappa shape index (κ1) is 18.9. The summed E-state index contributed by atoms with van der Waals surface area (Å²) in [4.78, 5) is 33.9. The van der Waals surface area contributed by atoms with E-state index in [1.807, 2.05) is 48.5 Å². The van der Waals surface area contributed by atoms with Crippen LogP contribution < -0.4 is 10.2 Å². The van der Waals surface area contributed by atoms with Crippen LogP contribution in [0.4, 0.5) is 5.82 Å². The number of hydrogen-bond donors (Lipinski definition) is 1. The average molecular weight is 366 g/mol. The Hall–Kier alpha value is -2.89. The average Bonchev–Trinajstić information content (AvgIpc) is 2.73. The summed E-state index contributed by atoms with van der Waals surface area (Å²) in [5.74, 6) is 0.543. The normalized spacial score (nSPS) is 14.7. The smallest absolute Gasteiger partial charge is 0.237 e. The molecular formula is C21H26N4O2. The molecule has 0 bridgehead atoms. The number of pyridine rings is 1. The van der Waals surface area contributed by atoms with Gasteiger partial charge in [0.05, 0.1) is 0 Å². The molecular weight excluding hydrogens is 340 g/mol. The van der Waals surface area contributed by atoms with Crippen LogP contribution in [0.5, 0.6) is 0 Å². The van der Waals surface area contributed by atoms with E-state index in [0.717, 1.165) is 11.4 Å². The number of anilines is 1. The summed E-state index contributed by atoms with van der Waals surface area (Å²) in [6, 6.07) is 15.5. The molecule has 1 aromatic carbocycles. The minimum Gasteiger partial charge on any atom is -0.353 e. The van der Waals surface area contributed by atoms with Gasteiger partial charge in [-0.3, -0.25) is 9.59 Å². The van der Waals surface area contributed by atoms with Crippen LogP contribution in [0.25, 0.3) is 0 Å². The number of rotatable bonds is 5. The largest absolute Gasteiger partial charge is 0.353 e. The molecule has 1 aliphatic heterocycles. The molecule has 27 heavy (non-hydrogen) atoms. The van der Waals surface area contributed by atoms with Gasteiger partial charge in [-0.05, 0) is 31.5 Å². The Morgan fingerprint density at radius 3 is 2.30 bits per heavy atom. The van der Waals surface area contributed by atoms with E-state index < -0.39 is 5.41 Å². The lowest BCUT2D eigenvalue weighted by atomic mass is 9.90. The van der Waals surface area contributed by atoms with Gasteiger partial charge in [0, 0.05) is 38.9 Å². The molecule has 1 fully saturated rings. The molecule has 2 aromatic rings. The Morgan fingerprint density at radius 2 is 1.67 bits per heavy atom. The van der Waals surface area contributed by atoms with Crippen LogP contribution in [0.15, 0.2) is 54.7 Å². The summed E-state index contributed by atoms with van der Waals surface area (Å²) in [6.07, 6.45) is 1.77. The molecule has 0 unspecified atom stereocenters. The van der Waals surface area contributed by atoms with E-state index in [2.05, 4.69) is 15.2 Å². The molecule has 1 saturated heterocycles. The molecule has 1 aliphatic rings. The SMILES string of the molecule is CC(C)(C(=O)NCc1ccccc1)C(=O)N1CCN(c2ccccn2)CC1. The number of piperazine rings is 1. The number of nitrogens with one attached hydrogen (secondary N) is 1. The molecule has 2 heterocycles. The van der Waals surface area contributed by atoms with Crippen molar-refractivity contribution < 1.29 is 9.59 Å². The number of hydrogen-bond acceptors (Lipinski definition) is 4. The van der Waals surface area contributed by atoms with Crippen molar-refractivity contribution >= 4 is 17.6 Å². The number of aromatic nitrogens is 1. The van der Waals surface area contributed by atoms with Gasteiger partial charge in [-0.2, -0.15) is 0 Å². The quantitative estimate of drug-likeness (QED) is 0.823. The first-order valence-corrected chi connectivity index (χ1v) is 9.26. The molecule has 0 saturated carbocycles. The Labute approximate surface area is 160 Å².